The van der Waals surface area contributed by atoms with Crippen LogP contribution in [0.4, 0.5) is 11.4 Å². The molecule has 3 aromatic rings. The molecule has 34 heavy (non-hydrogen) atoms. The standard InChI is InChI=1S/C23H22N4O6S/c1-32-18-14-12-17(13-15-18)23-26(22(28)16-25(29)24-33-2)20-10-6-7-11-21(20)27(23)34(30,31)19-8-4-3-5-9-19/h3-15,23H,16H2,1-2H3/b25-24-. The number of hydrogen-bond acceptors (Lipinski definition) is 7. The molecule has 3 aromatic carbocycles. The molecule has 0 spiro atoms. The van der Waals surface area contributed by atoms with Crippen molar-refractivity contribution in [1.29, 1.82) is 0 Å². The molecule has 0 fully saturated rings. The van der Waals surface area contributed by atoms with Crippen LogP contribution < -0.4 is 13.9 Å². The summed E-state index contributed by atoms with van der Waals surface area (Å²) >= 11 is 0. The van der Waals surface area contributed by atoms with Crippen LogP contribution >= 0.6 is 0 Å². The zero-order chi connectivity index (χ0) is 24.3. The van der Waals surface area contributed by atoms with Crippen molar-refractivity contribution in [2.24, 2.45) is 5.28 Å². The van der Waals surface area contributed by atoms with Crippen LogP contribution in [-0.2, 0) is 19.7 Å². The van der Waals surface area contributed by atoms with E-state index in [1.54, 1.807) is 66.7 Å². The van der Waals surface area contributed by atoms with Crippen LogP contribution in [0, 0.1) is 5.21 Å². The number of benzene rings is 3. The van der Waals surface area contributed by atoms with Crippen LogP contribution in [-0.4, -0.2) is 40.0 Å². The molecule has 4 rings (SSSR count). The molecule has 0 aromatic heterocycles. The second kappa shape index (κ2) is 9.40. The van der Waals surface area contributed by atoms with E-state index < -0.39 is 28.6 Å². The minimum absolute atomic E-state index is 0.0671. The van der Waals surface area contributed by atoms with Gasteiger partial charge < -0.3 is 14.8 Å². The van der Waals surface area contributed by atoms with E-state index in [1.165, 1.54) is 35.6 Å². The van der Waals surface area contributed by atoms with Crippen molar-refractivity contribution in [3.05, 3.63) is 89.6 Å². The fourth-order valence-electron chi connectivity index (χ4n) is 3.83. The summed E-state index contributed by atoms with van der Waals surface area (Å²) in [6, 6.07) is 21.3. The van der Waals surface area contributed by atoms with Gasteiger partial charge in [0.25, 0.3) is 22.5 Å². The third-order valence-corrected chi connectivity index (χ3v) is 7.05. The average molecular weight is 483 g/mol. The normalized spacial score (nSPS) is 15.7. The van der Waals surface area contributed by atoms with Gasteiger partial charge in [0.1, 0.15) is 12.9 Å². The molecule has 0 saturated heterocycles. The Bertz CT molecular complexity index is 1310. The summed E-state index contributed by atoms with van der Waals surface area (Å²) in [5, 5.41) is 15.2. The van der Waals surface area contributed by atoms with Gasteiger partial charge in [-0.2, -0.15) is 0 Å². The maximum absolute atomic E-state index is 13.8. The minimum atomic E-state index is -4.10. The lowest BCUT2D eigenvalue weighted by molar-refractivity contribution is -0.546. The first kappa shape index (κ1) is 23.1. The Morgan fingerprint density at radius 2 is 1.59 bits per heavy atom. The van der Waals surface area contributed by atoms with Crippen LogP contribution in [0.2, 0.25) is 0 Å². The first-order valence-corrected chi connectivity index (χ1v) is 11.7. The summed E-state index contributed by atoms with van der Waals surface area (Å²) < 4.78 is 34.1. The van der Waals surface area contributed by atoms with Crippen molar-refractivity contribution in [3.63, 3.8) is 0 Å². The van der Waals surface area contributed by atoms with Gasteiger partial charge in [0, 0.05) is 0 Å². The minimum Gasteiger partial charge on any atom is -0.597 e. The van der Waals surface area contributed by atoms with Crippen LogP contribution in [0.1, 0.15) is 11.7 Å². The molecular weight excluding hydrogens is 460 g/mol. The second-order valence-electron chi connectivity index (χ2n) is 7.29. The second-order valence-corrected chi connectivity index (χ2v) is 9.10. The first-order valence-electron chi connectivity index (χ1n) is 10.2. The molecule has 176 valence electrons. The number of methoxy groups -OCH3 is 1. The van der Waals surface area contributed by atoms with Gasteiger partial charge in [0.2, 0.25) is 0 Å². The Labute approximate surface area is 196 Å². The summed E-state index contributed by atoms with van der Waals surface area (Å²) in [4.78, 5) is 19.2. The number of rotatable bonds is 7. The lowest BCUT2D eigenvalue weighted by atomic mass is 10.1. The van der Waals surface area contributed by atoms with E-state index in [0.717, 1.165) is 0 Å². The number of nitrogens with zero attached hydrogens (tertiary/aromatic N) is 4. The van der Waals surface area contributed by atoms with Crippen molar-refractivity contribution in [1.82, 2.24) is 0 Å². The van der Waals surface area contributed by atoms with Crippen LogP contribution in [0.25, 0.3) is 0 Å². The van der Waals surface area contributed by atoms with Crippen molar-refractivity contribution in [2.75, 3.05) is 30.0 Å². The molecule has 10 nitrogen and oxygen atoms in total. The third kappa shape index (κ3) is 4.13. The number of sulfonamides is 1. The zero-order valence-electron chi connectivity index (χ0n) is 18.4. The summed E-state index contributed by atoms with van der Waals surface area (Å²) in [5.74, 6) is -0.0888. The van der Waals surface area contributed by atoms with E-state index in [4.69, 9.17) is 4.74 Å². The van der Waals surface area contributed by atoms with Crippen LogP contribution in [0.3, 0.4) is 0 Å². The smallest absolute Gasteiger partial charge is 0.298 e. The van der Waals surface area contributed by atoms with Gasteiger partial charge in [-0.1, -0.05) is 42.5 Å². The molecule has 0 bridgehead atoms. The summed E-state index contributed by atoms with van der Waals surface area (Å²) in [6.45, 7) is -0.673. The van der Waals surface area contributed by atoms with E-state index in [-0.39, 0.29) is 9.76 Å². The largest absolute Gasteiger partial charge is 0.597 e. The van der Waals surface area contributed by atoms with Crippen LogP contribution in [0.5, 0.6) is 5.75 Å². The number of amides is 1. The molecule has 0 saturated carbocycles. The molecule has 0 N–H and O–H groups in total. The highest BCUT2D eigenvalue weighted by atomic mass is 32.2. The van der Waals surface area contributed by atoms with Crippen molar-refractivity contribution in [3.8, 4) is 5.75 Å². The lowest BCUT2D eigenvalue weighted by Gasteiger charge is -2.31. The first-order chi connectivity index (χ1) is 16.4. The number of hydroxylamine groups is 1. The number of fused-ring (bicyclic) bond motifs is 1. The predicted octanol–water partition coefficient (Wildman–Crippen LogP) is 3.46. The fraction of sp³-hybridized carbons (Fsp3) is 0.174. The predicted molar refractivity (Wildman–Crippen MR) is 124 cm³/mol. The molecule has 1 amide bonds. The highest BCUT2D eigenvalue weighted by Crippen LogP contribution is 2.49. The fourth-order valence-corrected chi connectivity index (χ4v) is 5.45. The quantitative estimate of drug-likeness (QED) is 0.289. The van der Waals surface area contributed by atoms with Crippen molar-refractivity contribution < 1.29 is 27.6 Å². The number of hydrogen-bond donors (Lipinski definition) is 0. The molecule has 1 aliphatic heterocycles. The van der Waals surface area contributed by atoms with Gasteiger partial charge in [0.05, 0.1) is 23.4 Å². The summed E-state index contributed by atoms with van der Waals surface area (Å²) in [6.07, 6.45) is -1.09. The van der Waals surface area contributed by atoms with E-state index in [9.17, 15) is 18.4 Å². The van der Waals surface area contributed by atoms with E-state index >= 15 is 0 Å². The van der Waals surface area contributed by atoms with Crippen LogP contribution in [0.15, 0.2) is 89.0 Å². The maximum atomic E-state index is 13.8. The number of carbonyl (C=O) groups is 1. The maximum Gasteiger partial charge on any atom is 0.298 e. The number of carbonyl (C=O) groups excluding carboxylic acids is 1. The molecule has 1 unspecified atom stereocenters. The molecule has 0 aliphatic carbocycles. The molecule has 1 atom stereocenters. The Morgan fingerprint density at radius 1 is 0.971 bits per heavy atom. The molecule has 1 heterocycles. The monoisotopic (exact) mass is 482 g/mol. The number of anilines is 2. The van der Waals surface area contributed by atoms with Gasteiger partial charge in [0.15, 0.2) is 11.4 Å². The molecular formula is C23H22N4O6S. The van der Waals surface area contributed by atoms with Crippen molar-refractivity contribution in [2.45, 2.75) is 11.1 Å². The Morgan fingerprint density at radius 3 is 2.21 bits per heavy atom. The van der Waals surface area contributed by atoms with Gasteiger partial charge in [-0.25, -0.2) is 12.7 Å². The average Bonchev–Trinajstić information content (AvgIpc) is 3.21. The molecule has 0 radical (unpaired) electrons. The Kier molecular flexibility index (Phi) is 6.37. The highest BCUT2D eigenvalue weighted by Gasteiger charge is 2.47. The Hall–Kier alpha value is -4.12. The van der Waals surface area contributed by atoms with Gasteiger partial charge in [-0.05, 0) is 46.8 Å². The lowest BCUT2D eigenvalue weighted by Crippen LogP contribution is -2.44. The number of para-hydroxylation sites is 2. The van der Waals surface area contributed by atoms with E-state index in [0.29, 0.717) is 22.7 Å². The number of ether oxygens (including phenoxy) is 1. The van der Waals surface area contributed by atoms with Gasteiger partial charge in [-0.3, -0.25) is 9.69 Å². The SMILES string of the molecule is CO/N=[N+](\[O-])CC(=O)N1c2ccccc2N(S(=O)(=O)c2ccccc2)C1c1ccc(OC)cc1. The zero-order valence-corrected chi connectivity index (χ0v) is 19.3. The van der Waals surface area contributed by atoms with Gasteiger partial charge >= 0.3 is 0 Å². The topological polar surface area (TPSA) is 115 Å². The molecule has 1 aliphatic rings. The third-order valence-electron chi connectivity index (χ3n) is 5.27. The highest BCUT2D eigenvalue weighted by molar-refractivity contribution is 7.92. The summed E-state index contributed by atoms with van der Waals surface area (Å²) in [7, 11) is -1.39. The van der Waals surface area contributed by atoms with E-state index in [2.05, 4.69) is 10.1 Å². The van der Waals surface area contributed by atoms with E-state index in [1.807, 2.05) is 0 Å². The Balaban J connectivity index is 1.91. The summed E-state index contributed by atoms with van der Waals surface area (Å²) in [5.41, 5.74) is 1.16. The molecule has 11 heteroatoms. The van der Waals surface area contributed by atoms with Gasteiger partial charge in [-0.15, -0.1) is 0 Å². The van der Waals surface area contributed by atoms with Crippen molar-refractivity contribution >= 4 is 27.3 Å².